The number of unbranched alkanes of at least 4 members (excludes halogenated alkanes) is 23. The molecule has 0 heterocycles. The fourth-order valence-electron chi connectivity index (χ4n) is 6.48. The number of nitrogens with two attached hydrogens (primary N) is 1. The van der Waals surface area contributed by atoms with Gasteiger partial charge in [-0.05, 0) is 51.4 Å². The van der Waals surface area contributed by atoms with Crippen molar-refractivity contribution in [2.45, 2.75) is 219 Å². The highest BCUT2D eigenvalue weighted by atomic mass is 31.2. The number of carboxylic acids is 1. The normalized spacial score (nSPS) is 14.2. The van der Waals surface area contributed by atoms with Crippen molar-refractivity contribution >= 4 is 19.8 Å². The summed E-state index contributed by atoms with van der Waals surface area (Å²) < 4.78 is 33.4. The molecule has 59 heavy (non-hydrogen) atoms. The van der Waals surface area contributed by atoms with Crippen molar-refractivity contribution in [2.24, 2.45) is 5.73 Å². The Hall–Kier alpha value is -2.07. The maximum Gasteiger partial charge on any atom is 0.472 e. The molecule has 0 saturated heterocycles. The first-order valence-corrected chi connectivity index (χ1v) is 25.2. The summed E-state index contributed by atoms with van der Waals surface area (Å²) in [5.41, 5.74) is 5.36. The maximum atomic E-state index is 12.7. The van der Waals surface area contributed by atoms with E-state index >= 15 is 0 Å². The maximum absolute atomic E-state index is 12.7. The van der Waals surface area contributed by atoms with Gasteiger partial charge in [0.05, 0.1) is 19.8 Å². The van der Waals surface area contributed by atoms with Crippen LogP contribution in [0.2, 0.25) is 0 Å². The standard InChI is InChI=1S/C48H88NO9P/c1-3-5-7-9-11-13-15-17-19-20-21-22-23-24-25-26-27-28-30-32-34-36-38-40-47(50)58-45(43-56-59(53,54)57-44-46(49)48(51)52)42-55-41-39-37-35-33-31-29-18-16-14-12-10-8-6-4-2/h5,7,11,13,17,19,21-22,45-46H,3-4,6,8-10,12,14-16,18,20,23-44,49H2,1-2H3,(H,51,52)(H,53,54)/b7-5-,13-11-,19-17-,22-21-. The predicted molar refractivity (Wildman–Crippen MR) is 244 cm³/mol. The Kier molecular flexibility index (Phi) is 42.5. The molecule has 10 nitrogen and oxygen atoms in total. The molecule has 0 aliphatic rings. The molecule has 0 spiro atoms. The van der Waals surface area contributed by atoms with Gasteiger partial charge in [0, 0.05) is 13.0 Å². The number of allylic oxidation sites excluding steroid dienone is 8. The molecule has 0 saturated carbocycles. The van der Waals surface area contributed by atoms with E-state index < -0.39 is 45.1 Å². The van der Waals surface area contributed by atoms with Crippen LogP contribution in [0.5, 0.6) is 0 Å². The number of carbonyl (C=O) groups excluding carboxylic acids is 1. The Bertz CT molecular complexity index is 1130. The third kappa shape index (κ3) is 43.8. The van der Waals surface area contributed by atoms with Gasteiger partial charge < -0.3 is 25.2 Å². The zero-order valence-corrected chi connectivity index (χ0v) is 38.5. The van der Waals surface area contributed by atoms with Crippen molar-refractivity contribution in [3.05, 3.63) is 48.6 Å². The minimum atomic E-state index is -4.62. The molecule has 0 rings (SSSR count). The van der Waals surface area contributed by atoms with Crippen LogP contribution in [0.25, 0.3) is 0 Å². The molecule has 0 amide bonds. The van der Waals surface area contributed by atoms with E-state index in [-0.39, 0.29) is 13.0 Å². The van der Waals surface area contributed by atoms with Gasteiger partial charge in [0.15, 0.2) is 0 Å². The van der Waals surface area contributed by atoms with Crippen LogP contribution >= 0.6 is 7.82 Å². The predicted octanol–water partition coefficient (Wildman–Crippen LogP) is 13.4. The molecule has 0 aliphatic heterocycles. The molecule has 344 valence electrons. The summed E-state index contributed by atoms with van der Waals surface area (Å²) in [5.74, 6) is -1.78. The lowest BCUT2D eigenvalue weighted by Crippen LogP contribution is -2.34. The fraction of sp³-hybridized carbons (Fsp3) is 0.792. The molecule has 0 aromatic rings. The summed E-state index contributed by atoms with van der Waals surface area (Å²) in [5, 5.41) is 8.91. The molecule has 0 aromatic carbocycles. The van der Waals surface area contributed by atoms with E-state index in [1.54, 1.807) is 0 Å². The number of aliphatic carboxylic acids is 1. The number of phosphoric ester groups is 1. The lowest BCUT2D eigenvalue weighted by molar-refractivity contribution is -0.154. The average Bonchev–Trinajstić information content (AvgIpc) is 3.21. The summed E-state index contributed by atoms with van der Waals surface area (Å²) in [6.45, 7) is 3.79. The smallest absolute Gasteiger partial charge is 0.472 e. The Morgan fingerprint density at radius 3 is 1.47 bits per heavy atom. The molecule has 0 radical (unpaired) electrons. The van der Waals surface area contributed by atoms with E-state index in [9.17, 15) is 19.0 Å². The van der Waals surface area contributed by atoms with Gasteiger partial charge in [-0.3, -0.25) is 18.6 Å². The van der Waals surface area contributed by atoms with Crippen LogP contribution in [-0.2, 0) is 32.7 Å². The minimum absolute atomic E-state index is 0.0171. The second-order valence-corrected chi connectivity index (χ2v) is 17.3. The lowest BCUT2D eigenvalue weighted by atomic mass is 10.0. The molecule has 11 heteroatoms. The molecule has 4 N–H and O–H groups in total. The molecule has 0 aromatic heterocycles. The van der Waals surface area contributed by atoms with Crippen LogP contribution in [0.15, 0.2) is 48.6 Å². The van der Waals surface area contributed by atoms with E-state index in [0.29, 0.717) is 13.0 Å². The SMILES string of the molecule is CC/C=C\C/C=C\C/C=C\C/C=C\CCCCCCCCCCCCC(=O)OC(COCCCCCCCCCCCCCCCC)COP(=O)(O)OCC(N)C(=O)O. The van der Waals surface area contributed by atoms with E-state index in [1.165, 1.54) is 109 Å². The van der Waals surface area contributed by atoms with E-state index in [4.69, 9.17) is 29.4 Å². The number of hydrogen-bond acceptors (Lipinski definition) is 8. The van der Waals surface area contributed by atoms with Crippen LogP contribution in [0, 0.1) is 0 Å². The van der Waals surface area contributed by atoms with Gasteiger partial charge in [-0.15, -0.1) is 0 Å². The zero-order valence-electron chi connectivity index (χ0n) is 37.6. The van der Waals surface area contributed by atoms with Crippen LogP contribution < -0.4 is 5.73 Å². The van der Waals surface area contributed by atoms with Gasteiger partial charge in [-0.25, -0.2) is 4.57 Å². The van der Waals surface area contributed by atoms with Crippen LogP contribution in [0.3, 0.4) is 0 Å². The highest BCUT2D eigenvalue weighted by molar-refractivity contribution is 7.47. The molecular formula is C48H88NO9P. The third-order valence-electron chi connectivity index (χ3n) is 10.1. The Morgan fingerprint density at radius 2 is 0.983 bits per heavy atom. The first-order chi connectivity index (χ1) is 28.7. The van der Waals surface area contributed by atoms with Gasteiger partial charge in [-0.1, -0.05) is 197 Å². The van der Waals surface area contributed by atoms with Crippen LogP contribution in [0.4, 0.5) is 0 Å². The van der Waals surface area contributed by atoms with Crippen molar-refractivity contribution in [1.82, 2.24) is 0 Å². The second kappa shape index (κ2) is 44.0. The highest BCUT2D eigenvalue weighted by Gasteiger charge is 2.27. The van der Waals surface area contributed by atoms with Gasteiger partial charge in [-0.2, -0.15) is 0 Å². The van der Waals surface area contributed by atoms with E-state index in [0.717, 1.165) is 70.6 Å². The van der Waals surface area contributed by atoms with E-state index in [2.05, 4.69) is 62.5 Å². The Morgan fingerprint density at radius 1 is 0.559 bits per heavy atom. The minimum Gasteiger partial charge on any atom is -0.480 e. The molecule has 0 fully saturated rings. The van der Waals surface area contributed by atoms with Crippen molar-refractivity contribution in [2.75, 3.05) is 26.4 Å². The van der Waals surface area contributed by atoms with Crippen molar-refractivity contribution in [1.29, 1.82) is 0 Å². The largest absolute Gasteiger partial charge is 0.480 e. The number of carbonyl (C=O) groups is 2. The van der Waals surface area contributed by atoms with Gasteiger partial charge >= 0.3 is 19.8 Å². The summed E-state index contributed by atoms with van der Waals surface area (Å²) in [6.07, 6.45) is 51.6. The number of ether oxygens (including phenoxy) is 2. The molecule has 3 unspecified atom stereocenters. The summed E-state index contributed by atoms with van der Waals surface area (Å²) in [4.78, 5) is 33.6. The van der Waals surface area contributed by atoms with Crippen molar-refractivity contribution < 1.29 is 42.7 Å². The topological polar surface area (TPSA) is 155 Å². The van der Waals surface area contributed by atoms with Gasteiger partial charge in [0.2, 0.25) is 0 Å². The third-order valence-corrected chi connectivity index (χ3v) is 11.1. The van der Waals surface area contributed by atoms with Crippen LogP contribution in [0.1, 0.15) is 206 Å². The van der Waals surface area contributed by atoms with Gasteiger partial charge in [0.25, 0.3) is 0 Å². The first kappa shape index (κ1) is 56.9. The number of hydrogen-bond donors (Lipinski definition) is 3. The quantitative estimate of drug-likeness (QED) is 0.0233. The Labute approximate surface area is 360 Å². The molecule has 0 aliphatic carbocycles. The number of phosphoric acid groups is 1. The number of esters is 1. The zero-order chi connectivity index (χ0) is 43.3. The highest BCUT2D eigenvalue weighted by Crippen LogP contribution is 2.43. The molecular weight excluding hydrogens is 766 g/mol. The average molecular weight is 854 g/mol. The first-order valence-electron chi connectivity index (χ1n) is 23.7. The van der Waals surface area contributed by atoms with E-state index in [1.807, 2.05) is 0 Å². The monoisotopic (exact) mass is 854 g/mol. The molecule has 3 atom stereocenters. The fourth-order valence-corrected chi connectivity index (χ4v) is 7.26. The van der Waals surface area contributed by atoms with Gasteiger partial charge in [0.1, 0.15) is 12.1 Å². The summed E-state index contributed by atoms with van der Waals surface area (Å²) in [6, 6.07) is -1.47. The Balaban J connectivity index is 4.15. The molecule has 0 bridgehead atoms. The van der Waals surface area contributed by atoms with Crippen LogP contribution in [-0.4, -0.2) is 60.5 Å². The summed E-state index contributed by atoms with van der Waals surface area (Å²) in [7, 11) is -4.62. The second-order valence-electron chi connectivity index (χ2n) is 15.9. The van der Waals surface area contributed by atoms with Crippen molar-refractivity contribution in [3.63, 3.8) is 0 Å². The number of carboxylic acid groups (broad SMARTS) is 1. The van der Waals surface area contributed by atoms with Crippen molar-refractivity contribution in [3.8, 4) is 0 Å². The number of rotatable bonds is 45. The lowest BCUT2D eigenvalue weighted by Gasteiger charge is -2.20. The summed E-state index contributed by atoms with van der Waals surface area (Å²) >= 11 is 0.